The van der Waals surface area contributed by atoms with Crippen molar-refractivity contribution in [3.63, 3.8) is 0 Å². The van der Waals surface area contributed by atoms with Crippen molar-refractivity contribution in [2.45, 2.75) is 44.8 Å². The standard InChI is InChI=1S/C30H35N7O2/c38-27-9-10-30(39)36-14-12-35(13-15-36)19-22-4-1-6-24(16-22)33-28-18-29(32-21-31-28)34-25-7-2-5-23(17-25)20-37-11-3-8-26(27)37/h1-2,4-7,16-18,21,26H,3,8-15,19-20H2,(H2,31,32,33,34). The fourth-order valence-corrected chi connectivity index (χ4v) is 5.87. The molecule has 1 aromatic heterocycles. The summed E-state index contributed by atoms with van der Waals surface area (Å²) >= 11 is 0. The molecule has 1 amide bonds. The van der Waals surface area contributed by atoms with E-state index in [9.17, 15) is 9.59 Å². The summed E-state index contributed by atoms with van der Waals surface area (Å²) in [6.07, 6.45) is 4.04. The summed E-state index contributed by atoms with van der Waals surface area (Å²) in [4.78, 5) is 41.5. The molecule has 1 atom stereocenters. The Morgan fingerprint density at radius 1 is 0.744 bits per heavy atom. The smallest absolute Gasteiger partial charge is 0.223 e. The Hall–Kier alpha value is -3.82. The maximum Gasteiger partial charge on any atom is 0.223 e. The molecule has 2 N–H and O–H groups in total. The van der Waals surface area contributed by atoms with Gasteiger partial charge in [-0.05, 0) is 54.8 Å². The highest BCUT2D eigenvalue weighted by Gasteiger charge is 2.31. The first-order chi connectivity index (χ1) is 19.1. The Morgan fingerprint density at radius 2 is 1.41 bits per heavy atom. The van der Waals surface area contributed by atoms with Crippen molar-refractivity contribution >= 4 is 34.7 Å². The van der Waals surface area contributed by atoms with Crippen LogP contribution in [-0.2, 0) is 22.7 Å². The van der Waals surface area contributed by atoms with Gasteiger partial charge < -0.3 is 15.5 Å². The number of carbonyl (C=O) groups excluding carboxylic acids is 2. The van der Waals surface area contributed by atoms with Gasteiger partial charge in [-0.2, -0.15) is 0 Å². The van der Waals surface area contributed by atoms with Crippen LogP contribution >= 0.6 is 0 Å². The summed E-state index contributed by atoms with van der Waals surface area (Å²) < 4.78 is 0. The Balaban J connectivity index is 1.26. The molecule has 4 aliphatic heterocycles. The van der Waals surface area contributed by atoms with Crippen LogP contribution in [0.5, 0.6) is 0 Å². The maximum atomic E-state index is 13.2. The quantitative estimate of drug-likeness (QED) is 0.456. The van der Waals surface area contributed by atoms with Gasteiger partial charge in [0.2, 0.25) is 5.91 Å². The summed E-state index contributed by atoms with van der Waals surface area (Å²) in [7, 11) is 0. The van der Waals surface area contributed by atoms with Gasteiger partial charge in [-0.3, -0.25) is 19.4 Å². The monoisotopic (exact) mass is 525 g/mol. The number of hydrogen-bond donors (Lipinski definition) is 2. The lowest BCUT2D eigenvalue weighted by atomic mass is 10.0. The largest absolute Gasteiger partial charge is 0.340 e. The number of carbonyl (C=O) groups is 2. The summed E-state index contributed by atoms with van der Waals surface area (Å²) in [5.41, 5.74) is 4.24. The summed E-state index contributed by atoms with van der Waals surface area (Å²) in [5.74, 6) is 1.70. The van der Waals surface area contributed by atoms with E-state index in [0.29, 0.717) is 44.1 Å². The lowest BCUT2D eigenvalue weighted by Crippen LogP contribution is -2.48. The summed E-state index contributed by atoms with van der Waals surface area (Å²) in [6, 6.07) is 18.4. The molecule has 9 nitrogen and oxygen atoms in total. The minimum Gasteiger partial charge on any atom is -0.340 e. The fraction of sp³-hybridized carbons (Fsp3) is 0.400. The predicted octanol–water partition coefficient (Wildman–Crippen LogP) is 3.94. The van der Waals surface area contributed by atoms with E-state index in [0.717, 1.165) is 56.0 Å². The van der Waals surface area contributed by atoms with Gasteiger partial charge in [-0.25, -0.2) is 9.97 Å². The van der Waals surface area contributed by atoms with Gasteiger partial charge in [-0.15, -0.1) is 0 Å². The van der Waals surface area contributed by atoms with E-state index < -0.39 is 0 Å². The molecule has 7 rings (SSSR count). The number of benzene rings is 2. The molecule has 39 heavy (non-hydrogen) atoms. The molecule has 0 spiro atoms. The zero-order valence-corrected chi connectivity index (χ0v) is 22.2. The lowest BCUT2D eigenvalue weighted by Gasteiger charge is -2.35. The third kappa shape index (κ3) is 6.26. The number of hydrogen-bond acceptors (Lipinski definition) is 8. The Morgan fingerprint density at radius 3 is 2.10 bits per heavy atom. The van der Waals surface area contributed by atoms with Crippen LogP contribution in [0.2, 0.25) is 0 Å². The van der Waals surface area contributed by atoms with E-state index in [2.05, 4.69) is 54.7 Å². The van der Waals surface area contributed by atoms with Gasteiger partial charge >= 0.3 is 0 Å². The zero-order chi connectivity index (χ0) is 26.6. The molecular formula is C30H35N7O2. The van der Waals surface area contributed by atoms with Gasteiger partial charge in [0, 0.05) is 69.6 Å². The first-order valence-electron chi connectivity index (χ1n) is 13.9. The van der Waals surface area contributed by atoms with Crippen LogP contribution in [-0.4, -0.2) is 75.1 Å². The van der Waals surface area contributed by atoms with Gasteiger partial charge in [0.1, 0.15) is 23.7 Å². The van der Waals surface area contributed by atoms with Crippen molar-refractivity contribution in [2.24, 2.45) is 0 Å². The van der Waals surface area contributed by atoms with E-state index >= 15 is 0 Å². The first-order valence-corrected chi connectivity index (χ1v) is 13.9. The number of piperazine rings is 1. The predicted molar refractivity (Wildman–Crippen MR) is 151 cm³/mol. The van der Waals surface area contributed by atoms with E-state index in [1.54, 1.807) is 6.33 Å². The van der Waals surface area contributed by atoms with Crippen molar-refractivity contribution in [3.8, 4) is 0 Å². The number of fused-ring (bicyclic) bond motifs is 5. The maximum absolute atomic E-state index is 13.2. The minimum atomic E-state index is -0.113. The minimum absolute atomic E-state index is 0.0961. The highest BCUT2D eigenvalue weighted by atomic mass is 16.2. The highest BCUT2D eigenvalue weighted by molar-refractivity contribution is 5.88. The molecule has 5 heterocycles. The van der Waals surface area contributed by atoms with Crippen LogP contribution in [0.4, 0.5) is 23.0 Å². The molecule has 0 aliphatic carbocycles. The molecular weight excluding hydrogens is 490 g/mol. The normalized spacial score (nSPS) is 22.6. The van der Waals surface area contributed by atoms with Crippen molar-refractivity contribution in [1.29, 1.82) is 0 Å². The molecule has 8 bridgehead atoms. The molecule has 2 saturated heterocycles. The highest BCUT2D eigenvalue weighted by Crippen LogP contribution is 2.25. The molecule has 3 aromatic rings. The van der Waals surface area contributed by atoms with Gasteiger partial charge in [0.25, 0.3) is 0 Å². The topological polar surface area (TPSA) is 93.7 Å². The van der Waals surface area contributed by atoms with Gasteiger partial charge in [0.15, 0.2) is 0 Å². The SMILES string of the molecule is O=C1CCC(=O)N2CCN(CC2)Cc2cccc(c2)Nc2cc(ncn2)Nc2cccc(c2)CN2CCCC12. The van der Waals surface area contributed by atoms with Crippen molar-refractivity contribution < 1.29 is 9.59 Å². The van der Waals surface area contributed by atoms with Crippen LogP contribution in [0.1, 0.15) is 36.8 Å². The number of nitrogens with zero attached hydrogens (tertiary/aromatic N) is 5. The zero-order valence-electron chi connectivity index (χ0n) is 22.2. The van der Waals surface area contributed by atoms with E-state index in [4.69, 9.17) is 0 Å². The number of anilines is 4. The van der Waals surface area contributed by atoms with E-state index in [1.165, 1.54) is 5.56 Å². The number of Topliss-reactive ketones (excluding diaryl/α,β-unsaturated/α-hetero) is 1. The summed E-state index contributed by atoms with van der Waals surface area (Å²) in [6.45, 7) is 5.47. The molecule has 2 aromatic carbocycles. The Bertz CT molecular complexity index is 1340. The van der Waals surface area contributed by atoms with E-state index in [1.807, 2.05) is 35.2 Å². The number of amides is 1. The second-order valence-electron chi connectivity index (χ2n) is 10.7. The molecule has 4 aliphatic rings. The third-order valence-corrected chi connectivity index (χ3v) is 7.90. The molecule has 202 valence electrons. The number of rotatable bonds is 0. The molecule has 0 saturated carbocycles. The molecule has 9 heteroatoms. The number of aromatic nitrogens is 2. The van der Waals surface area contributed by atoms with Gasteiger partial charge in [0.05, 0.1) is 6.04 Å². The molecule has 0 radical (unpaired) electrons. The van der Waals surface area contributed by atoms with Crippen molar-refractivity contribution in [2.75, 3.05) is 43.4 Å². The van der Waals surface area contributed by atoms with Crippen LogP contribution in [0.3, 0.4) is 0 Å². The Kier molecular flexibility index (Phi) is 7.51. The average molecular weight is 526 g/mol. The second-order valence-corrected chi connectivity index (χ2v) is 10.7. The lowest BCUT2D eigenvalue weighted by molar-refractivity contribution is -0.135. The van der Waals surface area contributed by atoms with Crippen LogP contribution in [0.15, 0.2) is 60.9 Å². The number of nitrogens with one attached hydrogen (secondary N) is 2. The fourth-order valence-electron chi connectivity index (χ4n) is 5.87. The second kappa shape index (κ2) is 11.5. The average Bonchev–Trinajstić information content (AvgIpc) is 3.40. The third-order valence-electron chi connectivity index (χ3n) is 7.90. The van der Waals surface area contributed by atoms with Crippen molar-refractivity contribution in [3.05, 3.63) is 72.1 Å². The Labute approximate surface area is 229 Å². The molecule has 1 unspecified atom stereocenters. The molecule has 2 fully saturated rings. The van der Waals surface area contributed by atoms with Crippen LogP contribution in [0.25, 0.3) is 0 Å². The number of ketones is 1. The first kappa shape index (κ1) is 25.5. The summed E-state index contributed by atoms with van der Waals surface area (Å²) in [5, 5.41) is 6.81. The van der Waals surface area contributed by atoms with Crippen molar-refractivity contribution in [1.82, 2.24) is 24.7 Å². The van der Waals surface area contributed by atoms with Gasteiger partial charge in [-0.1, -0.05) is 24.3 Å². The van der Waals surface area contributed by atoms with Crippen LogP contribution in [0, 0.1) is 0 Å². The van der Waals surface area contributed by atoms with E-state index in [-0.39, 0.29) is 17.7 Å². The van der Waals surface area contributed by atoms with Crippen LogP contribution < -0.4 is 10.6 Å².